The third-order valence-electron chi connectivity index (χ3n) is 4.61. The lowest BCUT2D eigenvalue weighted by Crippen LogP contribution is -2.36. The summed E-state index contributed by atoms with van der Waals surface area (Å²) in [4.78, 5) is 28.9. The predicted octanol–water partition coefficient (Wildman–Crippen LogP) is 2.21. The predicted molar refractivity (Wildman–Crippen MR) is 105 cm³/mol. The topological polar surface area (TPSA) is 70.1 Å². The molecule has 0 aliphatic carbocycles. The standard InChI is InChI=1S/C21H30N2O4/c1-4-5-14-27-15-6-11-23-20(25)18(17-9-7-16(2)8-10-17)19(21(23)26)22(3)12-13-24/h7-10,24H,4-6,11-15H2,1-3H3. The lowest BCUT2D eigenvalue weighted by atomic mass is 10.0. The molecule has 2 amide bonds. The maximum Gasteiger partial charge on any atom is 0.277 e. The first-order chi connectivity index (χ1) is 13.0. The molecule has 0 aromatic heterocycles. The SMILES string of the molecule is CCCCOCCCN1C(=O)C(c2ccc(C)cc2)=C(N(C)CCO)C1=O. The molecule has 1 heterocycles. The van der Waals surface area contributed by atoms with Crippen LogP contribution in [0.1, 0.15) is 37.3 Å². The van der Waals surface area contributed by atoms with E-state index >= 15 is 0 Å². The van der Waals surface area contributed by atoms with Crippen LogP contribution in [-0.2, 0) is 14.3 Å². The average Bonchev–Trinajstić information content (AvgIpc) is 2.90. The second-order valence-electron chi connectivity index (χ2n) is 6.82. The molecule has 0 radical (unpaired) electrons. The number of amides is 2. The van der Waals surface area contributed by atoms with E-state index in [2.05, 4.69) is 6.92 Å². The molecule has 1 aliphatic heterocycles. The third-order valence-corrected chi connectivity index (χ3v) is 4.61. The molecule has 0 bridgehead atoms. The summed E-state index contributed by atoms with van der Waals surface area (Å²) in [6, 6.07) is 7.57. The van der Waals surface area contributed by atoms with E-state index in [9.17, 15) is 14.7 Å². The van der Waals surface area contributed by atoms with Crippen molar-refractivity contribution in [3.63, 3.8) is 0 Å². The van der Waals surface area contributed by atoms with Crippen LogP contribution >= 0.6 is 0 Å². The van der Waals surface area contributed by atoms with Gasteiger partial charge in [-0.3, -0.25) is 14.5 Å². The van der Waals surface area contributed by atoms with Gasteiger partial charge in [-0.15, -0.1) is 0 Å². The Hall–Kier alpha value is -2.18. The second-order valence-corrected chi connectivity index (χ2v) is 6.82. The quantitative estimate of drug-likeness (QED) is 0.475. The van der Waals surface area contributed by atoms with Gasteiger partial charge in [-0.2, -0.15) is 0 Å². The van der Waals surface area contributed by atoms with E-state index in [1.165, 1.54) is 4.90 Å². The van der Waals surface area contributed by atoms with Gasteiger partial charge >= 0.3 is 0 Å². The van der Waals surface area contributed by atoms with Crippen LogP contribution in [0.15, 0.2) is 30.0 Å². The van der Waals surface area contributed by atoms with E-state index < -0.39 is 0 Å². The zero-order valence-electron chi connectivity index (χ0n) is 16.5. The summed E-state index contributed by atoms with van der Waals surface area (Å²) in [6.45, 7) is 5.84. The number of rotatable bonds is 11. The van der Waals surface area contributed by atoms with Crippen LogP contribution in [0.2, 0.25) is 0 Å². The minimum absolute atomic E-state index is 0.0894. The minimum Gasteiger partial charge on any atom is -0.395 e. The van der Waals surface area contributed by atoms with Crippen molar-refractivity contribution in [3.8, 4) is 0 Å². The molecule has 1 aliphatic rings. The summed E-state index contributed by atoms with van der Waals surface area (Å²) in [6.07, 6.45) is 2.70. The van der Waals surface area contributed by atoms with Gasteiger partial charge in [-0.25, -0.2) is 0 Å². The fourth-order valence-corrected chi connectivity index (χ4v) is 3.04. The monoisotopic (exact) mass is 374 g/mol. The van der Waals surface area contributed by atoms with Crippen molar-refractivity contribution in [2.45, 2.75) is 33.1 Å². The molecule has 0 saturated carbocycles. The van der Waals surface area contributed by atoms with Crippen LogP contribution in [0, 0.1) is 6.92 Å². The zero-order valence-corrected chi connectivity index (χ0v) is 16.5. The number of aliphatic hydroxyl groups excluding tert-OH is 1. The van der Waals surface area contributed by atoms with Gasteiger partial charge in [-0.05, 0) is 25.3 Å². The number of hydrogen-bond donors (Lipinski definition) is 1. The highest BCUT2D eigenvalue weighted by atomic mass is 16.5. The highest BCUT2D eigenvalue weighted by Gasteiger charge is 2.40. The van der Waals surface area contributed by atoms with Gasteiger partial charge in [0.05, 0.1) is 12.2 Å². The first kappa shape index (κ1) is 21.1. The smallest absolute Gasteiger partial charge is 0.277 e. The summed E-state index contributed by atoms with van der Waals surface area (Å²) in [5, 5.41) is 9.26. The van der Waals surface area contributed by atoms with E-state index in [1.807, 2.05) is 31.2 Å². The summed E-state index contributed by atoms with van der Waals surface area (Å²) >= 11 is 0. The van der Waals surface area contributed by atoms with Gasteiger partial charge in [0.25, 0.3) is 11.8 Å². The molecule has 0 spiro atoms. The molecular weight excluding hydrogens is 344 g/mol. The van der Waals surface area contributed by atoms with Crippen LogP contribution in [-0.4, -0.2) is 66.7 Å². The van der Waals surface area contributed by atoms with Crippen molar-refractivity contribution in [1.82, 2.24) is 9.80 Å². The lowest BCUT2D eigenvalue weighted by molar-refractivity contribution is -0.137. The Bertz CT molecular complexity index is 682. The maximum atomic E-state index is 13.0. The van der Waals surface area contributed by atoms with Crippen molar-refractivity contribution < 1.29 is 19.4 Å². The normalized spacial score (nSPS) is 14.4. The summed E-state index contributed by atoms with van der Waals surface area (Å²) in [7, 11) is 1.72. The number of hydrogen-bond acceptors (Lipinski definition) is 5. The lowest BCUT2D eigenvalue weighted by Gasteiger charge is -2.20. The van der Waals surface area contributed by atoms with Crippen LogP contribution in [0.4, 0.5) is 0 Å². The van der Waals surface area contributed by atoms with E-state index in [1.54, 1.807) is 11.9 Å². The molecule has 1 aromatic rings. The van der Waals surface area contributed by atoms with Crippen LogP contribution in [0.3, 0.4) is 0 Å². The fourth-order valence-electron chi connectivity index (χ4n) is 3.04. The molecule has 0 fully saturated rings. The van der Waals surface area contributed by atoms with Crippen molar-refractivity contribution in [3.05, 3.63) is 41.1 Å². The first-order valence-corrected chi connectivity index (χ1v) is 9.58. The number of benzene rings is 1. The summed E-state index contributed by atoms with van der Waals surface area (Å²) in [5.74, 6) is -0.586. The number of nitrogens with zero attached hydrogens (tertiary/aromatic N) is 2. The van der Waals surface area contributed by atoms with Crippen molar-refractivity contribution in [1.29, 1.82) is 0 Å². The van der Waals surface area contributed by atoms with Gasteiger partial charge in [-0.1, -0.05) is 43.2 Å². The molecule has 6 heteroatoms. The number of likely N-dealkylation sites (N-methyl/N-ethyl adjacent to an activating group) is 1. The average molecular weight is 374 g/mol. The van der Waals surface area contributed by atoms with E-state index in [-0.39, 0.29) is 25.0 Å². The van der Waals surface area contributed by atoms with E-state index in [0.29, 0.717) is 37.4 Å². The molecule has 6 nitrogen and oxygen atoms in total. The number of aliphatic hydroxyl groups is 1. The Balaban J connectivity index is 2.17. The largest absolute Gasteiger partial charge is 0.395 e. The number of aryl methyl sites for hydroxylation is 1. The molecule has 27 heavy (non-hydrogen) atoms. The third kappa shape index (κ3) is 5.17. The molecule has 2 rings (SSSR count). The molecule has 0 unspecified atom stereocenters. The van der Waals surface area contributed by atoms with E-state index in [4.69, 9.17) is 4.74 Å². The Morgan fingerprint density at radius 3 is 2.37 bits per heavy atom. The van der Waals surface area contributed by atoms with Crippen LogP contribution in [0.5, 0.6) is 0 Å². The van der Waals surface area contributed by atoms with Gasteiger partial charge in [0.1, 0.15) is 5.70 Å². The minimum atomic E-state index is -0.305. The van der Waals surface area contributed by atoms with Crippen LogP contribution < -0.4 is 0 Å². The Kier molecular flexibility index (Phi) is 8.00. The highest BCUT2D eigenvalue weighted by Crippen LogP contribution is 2.31. The van der Waals surface area contributed by atoms with Gasteiger partial charge < -0.3 is 14.7 Å². The Morgan fingerprint density at radius 1 is 1.07 bits per heavy atom. The van der Waals surface area contributed by atoms with Crippen molar-refractivity contribution in [2.24, 2.45) is 0 Å². The van der Waals surface area contributed by atoms with Crippen LogP contribution in [0.25, 0.3) is 5.57 Å². The van der Waals surface area contributed by atoms with Gasteiger partial charge in [0, 0.05) is 33.4 Å². The molecule has 0 saturated heterocycles. The number of imide groups is 1. The number of carbonyl (C=O) groups is 2. The van der Waals surface area contributed by atoms with Gasteiger partial charge in [0.15, 0.2) is 0 Å². The van der Waals surface area contributed by atoms with Crippen molar-refractivity contribution in [2.75, 3.05) is 40.0 Å². The molecule has 1 aromatic carbocycles. The first-order valence-electron chi connectivity index (χ1n) is 9.58. The van der Waals surface area contributed by atoms with Gasteiger partial charge in [0.2, 0.25) is 0 Å². The number of unbranched alkanes of at least 4 members (excludes halogenated alkanes) is 1. The van der Waals surface area contributed by atoms with Crippen molar-refractivity contribution >= 4 is 17.4 Å². The summed E-state index contributed by atoms with van der Waals surface area (Å²) < 4.78 is 5.54. The zero-order chi connectivity index (χ0) is 19.8. The molecule has 0 atom stereocenters. The molecule has 148 valence electrons. The number of carbonyl (C=O) groups excluding carboxylic acids is 2. The maximum absolute atomic E-state index is 13.0. The second kappa shape index (κ2) is 10.2. The Morgan fingerprint density at radius 2 is 1.74 bits per heavy atom. The van der Waals surface area contributed by atoms with E-state index in [0.717, 1.165) is 24.0 Å². The molecule has 1 N–H and O–H groups in total. The highest BCUT2D eigenvalue weighted by molar-refractivity contribution is 6.35. The Labute approximate surface area is 161 Å². The summed E-state index contributed by atoms with van der Waals surface area (Å²) in [5.41, 5.74) is 2.57. The number of ether oxygens (including phenoxy) is 1. The fraction of sp³-hybridized carbons (Fsp3) is 0.524. The molecular formula is C21H30N2O4.